The van der Waals surface area contributed by atoms with Gasteiger partial charge in [-0.25, -0.2) is 0 Å². The molecule has 0 fully saturated rings. The molecule has 6 heteroatoms. The highest BCUT2D eigenvalue weighted by Crippen LogP contribution is 2.17. The monoisotopic (exact) mass is 316 g/mol. The van der Waals surface area contributed by atoms with Crippen LogP contribution in [-0.2, 0) is 16.0 Å². The summed E-state index contributed by atoms with van der Waals surface area (Å²) in [6.45, 7) is 4.21. The van der Waals surface area contributed by atoms with E-state index in [0.29, 0.717) is 6.54 Å². The third-order valence-electron chi connectivity index (χ3n) is 3.84. The van der Waals surface area contributed by atoms with Crippen molar-refractivity contribution in [3.05, 3.63) is 36.0 Å². The Kier molecular flexibility index (Phi) is 5.76. The van der Waals surface area contributed by atoms with Gasteiger partial charge >= 0.3 is 0 Å². The SMILES string of the molecule is CC(C)[C@H](N)C(=O)NCC(=O)NCCc1c[nH]c2ccccc12. The van der Waals surface area contributed by atoms with Gasteiger partial charge in [-0.3, -0.25) is 9.59 Å². The van der Waals surface area contributed by atoms with Crippen molar-refractivity contribution in [1.29, 1.82) is 0 Å². The maximum Gasteiger partial charge on any atom is 0.239 e. The lowest BCUT2D eigenvalue weighted by atomic mass is 10.1. The van der Waals surface area contributed by atoms with Gasteiger partial charge in [0.25, 0.3) is 0 Å². The van der Waals surface area contributed by atoms with Crippen molar-refractivity contribution in [2.75, 3.05) is 13.1 Å². The lowest BCUT2D eigenvalue weighted by molar-refractivity contribution is -0.127. The Labute approximate surface area is 135 Å². The van der Waals surface area contributed by atoms with Crippen molar-refractivity contribution in [3.8, 4) is 0 Å². The maximum atomic E-state index is 11.8. The number of amides is 2. The van der Waals surface area contributed by atoms with Gasteiger partial charge in [-0.15, -0.1) is 0 Å². The van der Waals surface area contributed by atoms with Crippen LogP contribution in [0, 0.1) is 5.92 Å². The minimum atomic E-state index is -0.589. The molecule has 0 radical (unpaired) electrons. The first-order chi connectivity index (χ1) is 11.0. The molecule has 0 saturated heterocycles. The molecule has 1 aromatic heterocycles. The summed E-state index contributed by atoms with van der Waals surface area (Å²) >= 11 is 0. The average molecular weight is 316 g/mol. The number of nitrogens with two attached hydrogens (primary N) is 1. The molecule has 6 nitrogen and oxygen atoms in total. The summed E-state index contributed by atoms with van der Waals surface area (Å²) in [6.07, 6.45) is 2.69. The minimum Gasteiger partial charge on any atom is -0.361 e. The predicted octanol–water partition coefficient (Wildman–Crippen LogP) is 0.926. The van der Waals surface area contributed by atoms with E-state index in [1.165, 1.54) is 0 Å². The molecular formula is C17H24N4O2. The number of aromatic nitrogens is 1. The first-order valence-corrected chi connectivity index (χ1v) is 7.84. The van der Waals surface area contributed by atoms with Crippen LogP contribution in [0.5, 0.6) is 0 Å². The van der Waals surface area contributed by atoms with E-state index in [-0.39, 0.29) is 24.3 Å². The summed E-state index contributed by atoms with van der Waals surface area (Å²) in [4.78, 5) is 26.6. The van der Waals surface area contributed by atoms with Crippen molar-refractivity contribution >= 4 is 22.7 Å². The number of hydrogen-bond acceptors (Lipinski definition) is 3. The fraction of sp³-hybridized carbons (Fsp3) is 0.412. The Morgan fingerprint density at radius 3 is 2.70 bits per heavy atom. The molecule has 2 aromatic rings. The van der Waals surface area contributed by atoms with Crippen LogP contribution in [0.4, 0.5) is 0 Å². The number of para-hydroxylation sites is 1. The number of benzene rings is 1. The summed E-state index contributed by atoms with van der Waals surface area (Å²) in [7, 11) is 0. The van der Waals surface area contributed by atoms with Crippen LogP contribution < -0.4 is 16.4 Å². The maximum absolute atomic E-state index is 11.8. The minimum absolute atomic E-state index is 0.0416. The van der Waals surface area contributed by atoms with E-state index in [1.54, 1.807) is 0 Å². The van der Waals surface area contributed by atoms with Gasteiger partial charge in [0.1, 0.15) is 0 Å². The number of fused-ring (bicyclic) bond motifs is 1. The average Bonchev–Trinajstić information content (AvgIpc) is 2.95. The quantitative estimate of drug-likeness (QED) is 0.611. The van der Waals surface area contributed by atoms with E-state index in [0.717, 1.165) is 22.9 Å². The molecule has 0 aliphatic carbocycles. The molecule has 1 heterocycles. The molecule has 5 N–H and O–H groups in total. The van der Waals surface area contributed by atoms with E-state index >= 15 is 0 Å². The number of hydrogen-bond donors (Lipinski definition) is 4. The normalized spacial score (nSPS) is 12.3. The summed E-state index contributed by atoms with van der Waals surface area (Å²) in [5.41, 5.74) is 7.96. The van der Waals surface area contributed by atoms with Crippen LogP contribution in [0.2, 0.25) is 0 Å². The van der Waals surface area contributed by atoms with Crippen LogP contribution in [0.3, 0.4) is 0 Å². The summed E-state index contributed by atoms with van der Waals surface area (Å²) in [6, 6.07) is 7.45. The summed E-state index contributed by atoms with van der Waals surface area (Å²) in [5.74, 6) is -0.471. The largest absolute Gasteiger partial charge is 0.361 e. The summed E-state index contributed by atoms with van der Waals surface area (Å²) in [5, 5.41) is 6.52. The molecule has 124 valence electrons. The second-order valence-electron chi connectivity index (χ2n) is 5.95. The van der Waals surface area contributed by atoms with Crippen LogP contribution >= 0.6 is 0 Å². The van der Waals surface area contributed by atoms with Crippen molar-refractivity contribution in [1.82, 2.24) is 15.6 Å². The fourth-order valence-electron chi connectivity index (χ4n) is 2.33. The zero-order valence-electron chi connectivity index (χ0n) is 13.6. The molecule has 2 amide bonds. The van der Waals surface area contributed by atoms with Gasteiger partial charge in [0.2, 0.25) is 11.8 Å². The van der Waals surface area contributed by atoms with Gasteiger partial charge in [-0.05, 0) is 24.0 Å². The molecule has 23 heavy (non-hydrogen) atoms. The number of nitrogens with one attached hydrogen (secondary N) is 3. The standard InChI is InChI=1S/C17H24N4O2/c1-11(2)16(18)17(23)21-10-15(22)19-8-7-12-9-20-14-6-4-3-5-13(12)14/h3-6,9,11,16,20H,7-8,10,18H2,1-2H3,(H,19,22)(H,21,23)/t16-/m0/s1. The smallest absolute Gasteiger partial charge is 0.239 e. The molecule has 0 aliphatic heterocycles. The second-order valence-corrected chi connectivity index (χ2v) is 5.95. The molecule has 0 bridgehead atoms. The van der Waals surface area contributed by atoms with Gasteiger partial charge in [0.15, 0.2) is 0 Å². The molecule has 1 atom stereocenters. The van der Waals surface area contributed by atoms with Crippen LogP contribution in [0.15, 0.2) is 30.5 Å². The molecule has 1 aromatic carbocycles. The van der Waals surface area contributed by atoms with Crippen molar-refractivity contribution in [2.45, 2.75) is 26.3 Å². The van der Waals surface area contributed by atoms with Crippen molar-refractivity contribution in [3.63, 3.8) is 0 Å². The Morgan fingerprint density at radius 1 is 1.22 bits per heavy atom. The Bertz CT molecular complexity index is 678. The Morgan fingerprint density at radius 2 is 1.96 bits per heavy atom. The lowest BCUT2D eigenvalue weighted by Gasteiger charge is -2.15. The molecule has 0 aliphatic rings. The van der Waals surface area contributed by atoms with Crippen LogP contribution in [0.25, 0.3) is 10.9 Å². The molecule has 0 saturated carbocycles. The van der Waals surface area contributed by atoms with E-state index in [1.807, 2.05) is 38.2 Å². The number of carbonyl (C=O) groups is 2. The third-order valence-corrected chi connectivity index (χ3v) is 3.84. The number of carbonyl (C=O) groups excluding carboxylic acids is 2. The van der Waals surface area contributed by atoms with Gasteiger partial charge < -0.3 is 21.4 Å². The van der Waals surface area contributed by atoms with Gasteiger partial charge in [0, 0.05) is 23.6 Å². The topological polar surface area (TPSA) is 100 Å². The zero-order valence-corrected chi connectivity index (χ0v) is 13.6. The lowest BCUT2D eigenvalue weighted by Crippen LogP contribution is -2.47. The van der Waals surface area contributed by atoms with Crippen molar-refractivity contribution in [2.24, 2.45) is 11.7 Å². The van der Waals surface area contributed by atoms with E-state index < -0.39 is 6.04 Å². The van der Waals surface area contributed by atoms with Gasteiger partial charge in [-0.1, -0.05) is 32.0 Å². The molecular weight excluding hydrogens is 292 g/mol. The molecule has 2 rings (SSSR count). The van der Waals surface area contributed by atoms with Crippen molar-refractivity contribution < 1.29 is 9.59 Å². The molecule has 0 unspecified atom stereocenters. The highest BCUT2D eigenvalue weighted by atomic mass is 16.2. The highest BCUT2D eigenvalue weighted by Gasteiger charge is 2.17. The second kappa shape index (κ2) is 7.78. The first-order valence-electron chi connectivity index (χ1n) is 7.84. The van der Waals surface area contributed by atoms with E-state index in [9.17, 15) is 9.59 Å². The van der Waals surface area contributed by atoms with E-state index in [2.05, 4.69) is 21.7 Å². The molecule has 0 spiro atoms. The van der Waals surface area contributed by atoms with Gasteiger partial charge in [-0.2, -0.15) is 0 Å². The number of rotatable bonds is 7. The Hall–Kier alpha value is -2.34. The summed E-state index contributed by atoms with van der Waals surface area (Å²) < 4.78 is 0. The fourth-order valence-corrected chi connectivity index (χ4v) is 2.33. The van der Waals surface area contributed by atoms with E-state index in [4.69, 9.17) is 5.73 Å². The highest BCUT2D eigenvalue weighted by molar-refractivity contribution is 5.87. The number of H-pyrrole nitrogens is 1. The van der Waals surface area contributed by atoms with Gasteiger partial charge in [0.05, 0.1) is 12.6 Å². The first kappa shape index (κ1) is 17.0. The zero-order chi connectivity index (χ0) is 16.8. The van der Waals surface area contributed by atoms with Crippen LogP contribution in [0.1, 0.15) is 19.4 Å². The Balaban J connectivity index is 1.74. The third kappa shape index (κ3) is 4.56. The predicted molar refractivity (Wildman–Crippen MR) is 90.8 cm³/mol. The van der Waals surface area contributed by atoms with Crippen LogP contribution in [-0.4, -0.2) is 35.9 Å². The number of aromatic amines is 1.